The molecule has 0 bridgehead atoms. The summed E-state index contributed by atoms with van der Waals surface area (Å²) in [5.74, 6) is -0.485. The molecule has 0 radical (unpaired) electrons. The number of nitrogens with one attached hydrogen (secondary N) is 2. The zero-order valence-electron chi connectivity index (χ0n) is 19.8. The van der Waals surface area contributed by atoms with E-state index in [1.807, 2.05) is 51.1 Å². The van der Waals surface area contributed by atoms with Gasteiger partial charge in [-0.15, -0.1) is 0 Å². The molecule has 4 amide bonds. The summed E-state index contributed by atoms with van der Waals surface area (Å²) in [6.45, 7) is 5.91. The van der Waals surface area contributed by atoms with Crippen LogP contribution in [0.15, 0.2) is 65.9 Å². The Morgan fingerprint density at radius 2 is 1.76 bits per heavy atom. The fraction of sp³-hybridized carbons (Fsp3) is 0.346. The number of benzene rings is 2. The van der Waals surface area contributed by atoms with Crippen molar-refractivity contribution in [3.8, 4) is 0 Å². The van der Waals surface area contributed by atoms with Crippen LogP contribution < -0.4 is 10.6 Å². The Kier molecular flexibility index (Phi) is 6.41. The SMILES string of the molecule is CN1C(=O)N[C@@H](c2ccc(Cl)cc2)C2=C1CN([C@H](Cc1ccccc1)C(=O)NC(C)(C)C)C2=O. The molecule has 0 spiro atoms. The second-order valence-corrected chi connectivity index (χ2v) is 10.2. The van der Waals surface area contributed by atoms with E-state index < -0.39 is 17.6 Å². The molecule has 2 aromatic carbocycles. The van der Waals surface area contributed by atoms with Crippen LogP contribution in [-0.4, -0.2) is 52.8 Å². The molecule has 0 unspecified atom stereocenters. The Hall–Kier alpha value is -3.32. The van der Waals surface area contributed by atoms with Crippen molar-refractivity contribution in [2.24, 2.45) is 0 Å². The minimum Gasteiger partial charge on any atom is -0.350 e. The Balaban J connectivity index is 1.70. The third-order valence-electron chi connectivity index (χ3n) is 6.04. The van der Waals surface area contributed by atoms with Gasteiger partial charge in [0, 0.05) is 24.0 Å². The Morgan fingerprint density at radius 1 is 1.12 bits per heavy atom. The monoisotopic (exact) mass is 480 g/mol. The number of amides is 4. The molecule has 2 heterocycles. The molecule has 2 N–H and O–H groups in total. The number of carbonyl (C=O) groups is 3. The standard InChI is InChI=1S/C26H29ClN4O3/c1-26(2,3)29-23(32)19(14-16-8-6-5-7-9-16)31-15-20-21(24(31)33)22(28-25(34)30(20)4)17-10-12-18(27)13-11-17/h5-13,19,22H,14-15H2,1-4H3,(H,28,34)(H,29,32)/t19-,22+/m1/s1. The molecule has 2 atom stereocenters. The van der Waals surface area contributed by atoms with Crippen LogP contribution in [-0.2, 0) is 16.0 Å². The zero-order chi connectivity index (χ0) is 24.6. The lowest BCUT2D eigenvalue weighted by Crippen LogP contribution is -2.54. The first kappa shape index (κ1) is 23.8. The number of hydrogen-bond acceptors (Lipinski definition) is 3. The molecule has 2 aromatic rings. The van der Waals surface area contributed by atoms with Gasteiger partial charge in [-0.05, 0) is 44.0 Å². The van der Waals surface area contributed by atoms with E-state index >= 15 is 0 Å². The minimum absolute atomic E-state index is 0.178. The van der Waals surface area contributed by atoms with Crippen LogP contribution in [0.25, 0.3) is 0 Å². The number of halogens is 1. The zero-order valence-corrected chi connectivity index (χ0v) is 20.5. The van der Waals surface area contributed by atoms with E-state index in [1.165, 1.54) is 4.90 Å². The van der Waals surface area contributed by atoms with Gasteiger partial charge in [0.25, 0.3) is 5.91 Å². The summed E-state index contributed by atoms with van der Waals surface area (Å²) >= 11 is 6.04. The van der Waals surface area contributed by atoms with Crippen LogP contribution >= 0.6 is 11.6 Å². The smallest absolute Gasteiger partial charge is 0.322 e. The topological polar surface area (TPSA) is 81.8 Å². The molecular formula is C26H29ClN4O3. The highest BCUT2D eigenvalue weighted by Crippen LogP contribution is 2.37. The molecule has 7 nitrogen and oxygen atoms in total. The summed E-state index contributed by atoms with van der Waals surface area (Å²) in [6, 6.07) is 15.0. The molecule has 8 heteroatoms. The fourth-order valence-electron chi connectivity index (χ4n) is 4.38. The molecular weight excluding hydrogens is 452 g/mol. The van der Waals surface area contributed by atoms with Gasteiger partial charge >= 0.3 is 6.03 Å². The second-order valence-electron chi connectivity index (χ2n) is 9.73. The van der Waals surface area contributed by atoms with Crippen LogP contribution in [0.5, 0.6) is 0 Å². The lowest BCUT2D eigenvalue weighted by Gasteiger charge is -2.31. The highest BCUT2D eigenvalue weighted by atomic mass is 35.5. The van der Waals surface area contributed by atoms with Crippen molar-refractivity contribution in [1.82, 2.24) is 20.4 Å². The summed E-state index contributed by atoms with van der Waals surface area (Å²) in [7, 11) is 1.64. The minimum atomic E-state index is -0.728. The molecule has 2 aliphatic heterocycles. The van der Waals surface area contributed by atoms with Crippen molar-refractivity contribution < 1.29 is 14.4 Å². The highest BCUT2D eigenvalue weighted by molar-refractivity contribution is 6.30. The van der Waals surface area contributed by atoms with Gasteiger partial charge in [-0.3, -0.25) is 14.5 Å². The average Bonchev–Trinajstić information content (AvgIpc) is 3.12. The summed E-state index contributed by atoms with van der Waals surface area (Å²) < 4.78 is 0. The summed E-state index contributed by atoms with van der Waals surface area (Å²) in [5.41, 5.74) is 2.34. The summed E-state index contributed by atoms with van der Waals surface area (Å²) in [5, 5.41) is 6.51. The van der Waals surface area contributed by atoms with Gasteiger partial charge in [0.05, 0.1) is 23.9 Å². The van der Waals surface area contributed by atoms with Gasteiger partial charge in [-0.2, -0.15) is 0 Å². The van der Waals surface area contributed by atoms with Crippen LogP contribution in [0.2, 0.25) is 5.02 Å². The normalized spacial score (nSPS) is 19.1. The van der Waals surface area contributed by atoms with Gasteiger partial charge in [-0.1, -0.05) is 54.1 Å². The van der Waals surface area contributed by atoms with E-state index in [1.54, 1.807) is 36.2 Å². The number of carbonyl (C=O) groups excluding carboxylic acids is 3. The first-order valence-corrected chi connectivity index (χ1v) is 11.6. The van der Waals surface area contributed by atoms with Crippen molar-refractivity contribution >= 4 is 29.4 Å². The van der Waals surface area contributed by atoms with E-state index in [-0.39, 0.29) is 24.4 Å². The quantitative estimate of drug-likeness (QED) is 0.685. The van der Waals surface area contributed by atoms with E-state index in [0.29, 0.717) is 22.7 Å². The maximum atomic E-state index is 13.8. The Morgan fingerprint density at radius 3 is 2.38 bits per heavy atom. The first-order valence-electron chi connectivity index (χ1n) is 11.2. The van der Waals surface area contributed by atoms with Crippen LogP contribution in [0.1, 0.15) is 37.9 Å². The number of rotatable bonds is 5. The number of likely N-dealkylation sites (N-methyl/N-ethyl adjacent to an activating group) is 1. The van der Waals surface area contributed by atoms with E-state index in [9.17, 15) is 14.4 Å². The number of nitrogens with zero attached hydrogens (tertiary/aromatic N) is 2. The molecule has 4 rings (SSSR count). The summed E-state index contributed by atoms with van der Waals surface area (Å²) in [4.78, 5) is 43.0. The molecule has 2 aliphatic rings. The molecule has 0 aliphatic carbocycles. The maximum Gasteiger partial charge on any atom is 0.322 e. The third kappa shape index (κ3) is 4.80. The molecule has 0 saturated carbocycles. The van der Waals surface area contributed by atoms with Gasteiger partial charge < -0.3 is 15.5 Å². The maximum absolute atomic E-state index is 13.8. The van der Waals surface area contributed by atoms with E-state index in [2.05, 4.69) is 10.6 Å². The van der Waals surface area contributed by atoms with Crippen LogP contribution in [0, 0.1) is 0 Å². The lowest BCUT2D eigenvalue weighted by atomic mass is 9.95. The van der Waals surface area contributed by atoms with Gasteiger partial charge in [0.1, 0.15) is 6.04 Å². The van der Waals surface area contributed by atoms with Crippen LogP contribution in [0.3, 0.4) is 0 Å². The summed E-state index contributed by atoms with van der Waals surface area (Å²) in [6.07, 6.45) is 0.367. The molecule has 0 fully saturated rings. The first-order chi connectivity index (χ1) is 16.0. The molecule has 178 valence electrons. The van der Waals surface area contributed by atoms with E-state index in [0.717, 1.165) is 11.1 Å². The molecule has 0 saturated heterocycles. The van der Waals surface area contributed by atoms with Crippen molar-refractivity contribution in [2.75, 3.05) is 13.6 Å². The lowest BCUT2D eigenvalue weighted by molar-refractivity contribution is -0.137. The predicted octanol–water partition coefficient (Wildman–Crippen LogP) is 3.66. The van der Waals surface area contributed by atoms with E-state index in [4.69, 9.17) is 11.6 Å². The van der Waals surface area contributed by atoms with Gasteiger partial charge in [0.2, 0.25) is 5.91 Å². The second kappa shape index (κ2) is 9.14. The third-order valence-corrected chi connectivity index (χ3v) is 6.29. The highest BCUT2D eigenvalue weighted by Gasteiger charge is 2.46. The number of urea groups is 1. The largest absolute Gasteiger partial charge is 0.350 e. The van der Waals surface area contributed by atoms with Gasteiger partial charge in [-0.25, -0.2) is 4.79 Å². The van der Waals surface area contributed by atoms with Crippen molar-refractivity contribution in [1.29, 1.82) is 0 Å². The van der Waals surface area contributed by atoms with Crippen molar-refractivity contribution in [2.45, 2.75) is 44.8 Å². The van der Waals surface area contributed by atoms with Crippen molar-refractivity contribution in [3.05, 3.63) is 82.0 Å². The average molecular weight is 481 g/mol. The Labute approximate surface area is 204 Å². The van der Waals surface area contributed by atoms with Crippen LogP contribution in [0.4, 0.5) is 4.79 Å². The van der Waals surface area contributed by atoms with Crippen molar-refractivity contribution in [3.63, 3.8) is 0 Å². The Bertz CT molecular complexity index is 1140. The van der Waals surface area contributed by atoms with Gasteiger partial charge in [0.15, 0.2) is 0 Å². The predicted molar refractivity (Wildman–Crippen MR) is 131 cm³/mol. The molecule has 0 aromatic heterocycles. The molecule has 34 heavy (non-hydrogen) atoms. The fourth-order valence-corrected chi connectivity index (χ4v) is 4.51. The number of hydrogen-bond donors (Lipinski definition) is 2.